The summed E-state index contributed by atoms with van der Waals surface area (Å²) in [5, 5.41) is 9.00. The van der Waals surface area contributed by atoms with Gasteiger partial charge in [-0.15, -0.1) is 6.58 Å². The first-order valence-corrected chi connectivity index (χ1v) is 4.87. The number of hydrogen-bond donors (Lipinski definition) is 0. The summed E-state index contributed by atoms with van der Waals surface area (Å²) in [5.74, 6) is 2.57. The van der Waals surface area contributed by atoms with Crippen LogP contribution >= 0.6 is 0 Å². The zero-order valence-electron chi connectivity index (χ0n) is 7.37. The number of rotatable bonds is 2. The van der Waals surface area contributed by atoms with Crippen LogP contribution in [0.2, 0.25) is 0 Å². The SMILES string of the molecule is C=CC[C@H]1[C@@H]2CC[C@@H](C2)[C@H]1C#N. The van der Waals surface area contributed by atoms with Crippen LogP contribution in [-0.2, 0) is 0 Å². The lowest BCUT2D eigenvalue weighted by molar-refractivity contribution is 0.274. The molecule has 1 nitrogen and oxygen atoms in total. The van der Waals surface area contributed by atoms with Crippen molar-refractivity contribution >= 4 is 0 Å². The highest BCUT2D eigenvalue weighted by Crippen LogP contribution is 2.53. The van der Waals surface area contributed by atoms with Gasteiger partial charge >= 0.3 is 0 Å². The molecule has 0 radical (unpaired) electrons. The van der Waals surface area contributed by atoms with Crippen molar-refractivity contribution in [1.82, 2.24) is 0 Å². The second-order valence-corrected chi connectivity index (χ2v) is 4.18. The molecule has 0 amide bonds. The normalized spacial score (nSPS) is 44.2. The molecule has 2 aliphatic rings. The van der Waals surface area contributed by atoms with Gasteiger partial charge in [0.25, 0.3) is 0 Å². The van der Waals surface area contributed by atoms with Crippen LogP contribution < -0.4 is 0 Å². The molecule has 2 saturated carbocycles. The topological polar surface area (TPSA) is 23.8 Å². The van der Waals surface area contributed by atoms with Gasteiger partial charge in [0.2, 0.25) is 0 Å². The molecule has 0 aromatic carbocycles. The van der Waals surface area contributed by atoms with Crippen molar-refractivity contribution in [1.29, 1.82) is 5.26 Å². The predicted octanol–water partition coefficient (Wildman–Crippen LogP) is 2.75. The summed E-state index contributed by atoms with van der Waals surface area (Å²) in [7, 11) is 0. The fourth-order valence-corrected chi connectivity index (χ4v) is 3.14. The van der Waals surface area contributed by atoms with Crippen molar-refractivity contribution in [3.05, 3.63) is 12.7 Å². The Hall–Kier alpha value is -0.770. The van der Waals surface area contributed by atoms with Crippen molar-refractivity contribution in [2.75, 3.05) is 0 Å². The van der Waals surface area contributed by atoms with E-state index in [2.05, 4.69) is 12.6 Å². The molecule has 0 aliphatic heterocycles. The van der Waals surface area contributed by atoms with E-state index in [1.807, 2.05) is 6.08 Å². The predicted molar refractivity (Wildman–Crippen MR) is 48.2 cm³/mol. The first kappa shape index (κ1) is 7.86. The van der Waals surface area contributed by atoms with Gasteiger partial charge < -0.3 is 0 Å². The van der Waals surface area contributed by atoms with E-state index in [1.54, 1.807) is 0 Å². The second-order valence-electron chi connectivity index (χ2n) is 4.18. The van der Waals surface area contributed by atoms with Crippen LogP contribution in [-0.4, -0.2) is 0 Å². The lowest BCUT2D eigenvalue weighted by Crippen LogP contribution is -2.20. The van der Waals surface area contributed by atoms with Gasteiger partial charge in [-0.2, -0.15) is 5.26 Å². The molecular weight excluding hydrogens is 146 g/mol. The number of allylic oxidation sites excluding steroid dienone is 1. The lowest BCUT2D eigenvalue weighted by atomic mass is 9.78. The third-order valence-corrected chi connectivity index (χ3v) is 3.68. The Morgan fingerprint density at radius 3 is 2.83 bits per heavy atom. The zero-order valence-corrected chi connectivity index (χ0v) is 7.37. The Bertz CT molecular complexity index is 226. The molecular formula is C11H15N. The Kier molecular flexibility index (Phi) is 1.92. The second kappa shape index (κ2) is 2.94. The van der Waals surface area contributed by atoms with Crippen molar-refractivity contribution in [2.24, 2.45) is 23.7 Å². The van der Waals surface area contributed by atoms with E-state index in [-0.39, 0.29) is 0 Å². The van der Waals surface area contributed by atoms with Crippen LogP contribution in [0.1, 0.15) is 25.7 Å². The quantitative estimate of drug-likeness (QED) is 0.571. The monoisotopic (exact) mass is 161 g/mol. The molecule has 0 aromatic heterocycles. The zero-order chi connectivity index (χ0) is 8.55. The smallest absolute Gasteiger partial charge is 0.0661 e. The molecule has 0 saturated heterocycles. The molecule has 1 heteroatoms. The summed E-state index contributed by atoms with van der Waals surface area (Å²) < 4.78 is 0. The Morgan fingerprint density at radius 1 is 1.42 bits per heavy atom. The largest absolute Gasteiger partial charge is 0.198 e. The van der Waals surface area contributed by atoms with Gasteiger partial charge in [0, 0.05) is 0 Å². The number of nitrogens with zero attached hydrogens (tertiary/aromatic N) is 1. The first-order chi connectivity index (χ1) is 5.86. The van der Waals surface area contributed by atoms with Crippen molar-refractivity contribution in [3.8, 4) is 6.07 Å². The lowest BCUT2D eigenvalue weighted by Gasteiger charge is -2.24. The van der Waals surface area contributed by atoms with E-state index < -0.39 is 0 Å². The number of hydrogen-bond acceptors (Lipinski definition) is 1. The van der Waals surface area contributed by atoms with Gasteiger partial charge in [-0.25, -0.2) is 0 Å². The minimum absolute atomic E-state index is 0.349. The molecule has 0 spiro atoms. The maximum Gasteiger partial charge on any atom is 0.0661 e. The fourth-order valence-electron chi connectivity index (χ4n) is 3.14. The molecule has 0 N–H and O–H groups in total. The summed E-state index contributed by atoms with van der Waals surface area (Å²) in [6.45, 7) is 3.77. The minimum Gasteiger partial charge on any atom is -0.198 e. The molecule has 12 heavy (non-hydrogen) atoms. The maximum atomic E-state index is 9.00. The van der Waals surface area contributed by atoms with Crippen LogP contribution in [0, 0.1) is 35.0 Å². The van der Waals surface area contributed by atoms with Crippen molar-refractivity contribution in [3.63, 3.8) is 0 Å². The van der Waals surface area contributed by atoms with Crippen LogP contribution in [0.15, 0.2) is 12.7 Å². The van der Waals surface area contributed by atoms with E-state index >= 15 is 0 Å². The molecule has 0 heterocycles. The van der Waals surface area contributed by atoms with Crippen LogP contribution in [0.3, 0.4) is 0 Å². The summed E-state index contributed by atoms with van der Waals surface area (Å²) in [5.41, 5.74) is 0. The molecule has 4 atom stereocenters. The van der Waals surface area contributed by atoms with Crippen LogP contribution in [0.5, 0.6) is 0 Å². The van der Waals surface area contributed by atoms with E-state index in [0.717, 1.165) is 18.3 Å². The third kappa shape index (κ3) is 0.982. The molecule has 2 bridgehead atoms. The molecule has 2 rings (SSSR count). The van der Waals surface area contributed by atoms with E-state index in [1.165, 1.54) is 19.3 Å². The van der Waals surface area contributed by atoms with Crippen LogP contribution in [0.4, 0.5) is 0 Å². The number of nitriles is 1. The number of fused-ring (bicyclic) bond motifs is 2. The van der Waals surface area contributed by atoms with Gasteiger partial charge in [0.05, 0.1) is 12.0 Å². The molecule has 2 aliphatic carbocycles. The highest BCUT2D eigenvalue weighted by Gasteiger charge is 2.46. The fraction of sp³-hybridized carbons (Fsp3) is 0.727. The Labute approximate surface area is 74.1 Å². The summed E-state index contributed by atoms with van der Waals surface area (Å²) in [6, 6.07) is 2.48. The average molecular weight is 161 g/mol. The summed E-state index contributed by atoms with van der Waals surface area (Å²) in [6.07, 6.45) is 7.02. The van der Waals surface area contributed by atoms with Gasteiger partial charge in [0.1, 0.15) is 0 Å². The van der Waals surface area contributed by atoms with Crippen LogP contribution in [0.25, 0.3) is 0 Å². The highest BCUT2D eigenvalue weighted by molar-refractivity contribution is 5.06. The van der Waals surface area contributed by atoms with E-state index in [4.69, 9.17) is 5.26 Å². The minimum atomic E-state index is 0.349. The molecule has 0 aromatic rings. The highest BCUT2D eigenvalue weighted by atomic mass is 14.5. The van der Waals surface area contributed by atoms with Crippen molar-refractivity contribution in [2.45, 2.75) is 25.7 Å². The first-order valence-electron chi connectivity index (χ1n) is 4.87. The Morgan fingerprint density at radius 2 is 2.17 bits per heavy atom. The third-order valence-electron chi connectivity index (χ3n) is 3.68. The van der Waals surface area contributed by atoms with Gasteiger partial charge in [-0.1, -0.05) is 6.08 Å². The van der Waals surface area contributed by atoms with Crippen molar-refractivity contribution < 1.29 is 0 Å². The molecule has 2 fully saturated rings. The van der Waals surface area contributed by atoms with Gasteiger partial charge in [0.15, 0.2) is 0 Å². The standard InChI is InChI=1S/C11H15N/c1-2-3-10-8-4-5-9(6-8)11(10)7-12/h2,8-11H,1,3-6H2/t8-,9+,10+,11-/m1/s1. The van der Waals surface area contributed by atoms with E-state index in [9.17, 15) is 0 Å². The van der Waals surface area contributed by atoms with Gasteiger partial charge in [-0.05, 0) is 43.4 Å². The summed E-state index contributed by atoms with van der Waals surface area (Å²) in [4.78, 5) is 0. The van der Waals surface area contributed by atoms with Gasteiger partial charge in [-0.3, -0.25) is 0 Å². The average Bonchev–Trinajstić information content (AvgIpc) is 2.64. The maximum absolute atomic E-state index is 9.00. The molecule has 64 valence electrons. The Balaban J connectivity index is 2.12. The molecule has 0 unspecified atom stereocenters. The summed E-state index contributed by atoms with van der Waals surface area (Å²) >= 11 is 0. The van der Waals surface area contributed by atoms with E-state index in [0.29, 0.717) is 11.8 Å².